The topological polar surface area (TPSA) is 58.2 Å². The maximum absolute atomic E-state index is 11.8. The molecule has 0 spiro atoms. The second-order valence-electron chi connectivity index (χ2n) is 4.78. The van der Waals surface area contributed by atoms with E-state index < -0.39 is 0 Å². The summed E-state index contributed by atoms with van der Waals surface area (Å²) < 4.78 is 0.917. The number of carbonyl (C=O) groups is 2. The van der Waals surface area contributed by atoms with Crippen LogP contribution in [0.1, 0.15) is 23.2 Å². The van der Waals surface area contributed by atoms with Crippen LogP contribution in [0.4, 0.5) is 5.69 Å². The van der Waals surface area contributed by atoms with Crippen molar-refractivity contribution in [2.24, 2.45) is 0 Å². The van der Waals surface area contributed by atoms with E-state index >= 15 is 0 Å². The average molecular weight is 361 g/mol. The highest BCUT2D eigenvalue weighted by atomic mass is 79.9. The standard InChI is InChI=1S/C17H17BrN2O2/c18-14-8-4-9-15(12-14)20-16(21)10-5-11-19-17(22)13-6-2-1-3-7-13/h1-4,6-9,12H,5,10-11H2,(H,19,22)(H,20,21). The van der Waals surface area contributed by atoms with Gasteiger partial charge in [0.05, 0.1) is 0 Å². The van der Waals surface area contributed by atoms with Crippen LogP contribution in [0.25, 0.3) is 0 Å². The molecule has 4 nitrogen and oxygen atoms in total. The van der Waals surface area contributed by atoms with E-state index in [1.807, 2.05) is 42.5 Å². The van der Waals surface area contributed by atoms with Crippen LogP contribution < -0.4 is 10.6 Å². The van der Waals surface area contributed by atoms with Crippen LogP contribution >= 0.6 is 15.9 Å². The molecule has 0 saturated carbocycles. The number of rotatable bonds is 6. The lowest BCUT2D eigenvalue weighted by Crippen LogP contribution is -2.25. The fourth-order valence-corrected chi connectivity index (χ4v) is 2.33. The number of carbonyl (C=O) groups excluding carboxylic acids is 2. The SMILES string of the molecule is O=C(CCCNC(=O)c1ccccc1)Nc1cccc(Br)c1. The van der Waals surface area contributed by atoms with Gasteiger partial charge in [0.2, 0.25) is 5.91 Å². The first-order valence-electron chi connectivity index (χ1n) is 7.04. The molecule has 5 heteroatoms. The average Bonchev–Trinajstić information content (AvgIpc) is 2.52. The maximum atomic E-state index is 11.8. The molecule has 0 heterocycles. The van der Waals surface area contributed by atoms with Gasteiger partial charge in [0.25, 0.3) is 5.91 Å². The minimum Gasteiger partial charge on any atom is -0.352 e. The Kier molecular flexibility index (Phi) is 6.15. The number of anilines is 1. The predicted octanol–water partition coefficient (Wildman–Crippen LogP) is 3.60. The van der Waals surface area contributed by atoms with Gasteiger partial charge in [0, 0.05) is 28.7 Å². The first-order valence-corrected chi connectivity index (χ1v) is 7.83. The van der Waals surface area contributed by atoms with Gasteiger partial charge >= 0.3 is 0 Å². The van der Waals surface area contributed by atoms with Crippen molar-refractivity contribution in [2.75, 3.05) is 11.9 Å². The van der Waals surface area contributed by atoms with Crippen molar-refractivity contribution in [1.29, 1.82) is 0 Å². The van der Waals surface area contributed by atoms with Gasteiger partial charge in [-0.2, -0.15) is 0 Å². The summed E-state index contributed by atoms with van der Waals surface area (Å²) in [7, 11) is 0. The van der Waals surface area contributed by atoms with Crippen molar-refractivity contribution in [3.05, 3.63) is 64.6 Å². The first-order chi connectivity index (χ1) is 10.6. The Morgan fingerprint density at radius 2 is 1.77 bits per heavy atom. The third kappa shape index (κ3) is 5.33. The van der Waals surface area contributed by atoms with Crippen molar-refractivity contribution in [3.63, 3.8) is 0 Å². The number of amides is 2. The van der Waals surface area contributed by atoms with Crippen molar-refractivity contribution >= 4 is 33.4 Å². The smallest absolute Gasteiger partial charge is 0.251 e. The highest BCUT2D eigenvalue weighted by Gasteiger charge is 2.05. The van der Waals surface area contributed by atoms with Gasteiger partial charge in [-0.25, -0.2) is 0 Å². The third-order valence-electron chi connectivity index (χ3n) is 3.01. The summed E-state index contributed by atoms with van der Waals surface area (Å²) in [6, 6.07) is 16.5. The van der Waals surface area contributed by atoms with Gasteiger partial charge < -0.3 is 10.6 Å². The predicted molar refractivity (Wildman–Crippen MR) is 90.8 cm³/mol. The fourth-order valence-electron chi connectivity index (χ4n) is 1.93. The number of hydrogen-bond donors (Lipinski definition) is 2. The Labute approximate surface area is 138 Å². The lowest BCUT2D eigenvalue weighted by molar-refractivity contribution is -0.116. The van der Waals surface area contributed by atoms with Crippen molar-refractivity contribution in [1.82, 2.24) is 5.32 Å². The molecule has 22 heavy (non-hydrogen) atoms. The minimum absolute atomic E-state index is 0.0629. The van der Waals surface area contributed by atoms with Gasteiger partial charge in [0.1, 0.15) is 0 Å². The Hall–Kier alpha value is -2.14. The lowest BCUT2D eigenvalue weighted by atomic mass is 10.2. The van der Waals surface area contributed by atoms with E-state index in [-0.39, 0.29) is 11.8 Å². The molecule has 0 aliphatic heterocycles. The van der Waals surface area contributed by atoms with Crippen LogP contribution in [-0.2, 0) is 4.79 Å². The summed E-state index contributed by atoms with van der Waals surface area (Å²) in [6.45, 7) is 0.472. The molecule has 2 amide bonds. The molecule has 0 saturated heterocycles. The lowest BCUT2D eigenvalue weighted by Gasteiger charge is -2.07. The van der Waals surface area contributed by atoms with Crippen molar-refractivity contribution in [2.45, 2.75) is 12.8 Å². The molecule has 0 fully saturated rings. The molecule has 0 aliphatic rings. The van der Waals surface area contributed by atoms with Crippen LogP contribution in [0.3, 0.4) is 0 Å². The summed E-state index contributed by atoms with van der Waals surface area (Å²) in [5, 5.41) is 5.62. The Balaban J connectivity index is 1.68. The van der Waals surface area contributed by atoms with E-state index in [9.17, 15) is 9.59 Å². The number of nitrogens with one attached hydrogen (secondary N) is 2. The van der Waals surface area contributed by atoms with Crippen LogP contribution in [0.5, 0.6) is 0 Å². The zero-order chi connectivity index (χ0) is 15.8. The van der Waals surface area contributed by atoms with E-state index in [1.165, 1.54) is 0 Å². The molecule has 0 atom stereocenters. The maximum Gasteiger partial charge on any atom is 0.251 e. The normalized spacial score (nSPS) is 10.0. The van der Waals surface area contributed by atoms with E-state index in [1.54, 1.807) is 12.1 Å². The first kappa shape index (κ1) is 16.2. The summed E-state index contributed by atoms with van der Waals surface area (Å²) in [5.41, 5.74) is 1.38. The molecule has 2 rings (SSSR count). The quantitative estimate of drug-likeness (QED) is 0.773. The highest BCUT2D eigenvalue weighted by Crippen LogP contribution is 2.15. The Morgan fingerprint density at radius 3 is 2.50 bits per heavy atom. The largest absolute Gasteiger partial charge is 0.352 e. The fraction of sp³-hybridized carbons (Fsp3) is 0.176. The summed E-state index contributed by atoms with van der Waals surface area (Å²) >= 11 is 3.36. The van der Waals surface area contributed by atoms with E-state index in [4.69, 9.17) is 0 Å². The Morgan fingerprint density at radius 1 is 1.00 bits per heavy atom. The van der Waals surface area contributed by atoms with Gasteiger partial charge in [-0.3, -0.25) is 9.59 Å². The zero-order valence-electron chi connectivity index (χ0n) is 12.0. The highest BCUT2D eigenvalue weighted by molar-refractivity contribution is 9.10. The minimum atomic E-state index is -0.118. The molecular weight excluding hydrogens is 344 g/mol. The van der Waals surface area contributed by atoms with Crippen molar-refractivity contribution in [3.8, 4) is 0 Å². The van der Waals surface area contributed by atoms with Gasteiger partial charge in [-0.05, 0) is 36.8 Å². The monoisotopic (exact) mass is 360 g/mol. The number of halogens is 1. The van der Waals surface area contributed by atoms with Crippen molar-refractivity contribution < 1.29 is 9.59 Å². The zero-order valence-corrected chi connectivity index (χ0v) is 13.6. The molecule has 2 N–H and O–H groups in total. The van der Waals surface area contributed by atoms with Crippen LogP contribution in [0.2, 0.25) is 0 Å². The Bertz CT molecular complexity index is 644. The second-order valence-corrected chi connectivity index (χ2v) is 5.70. The van der Waals surface area contributed by atoms with Crippen LogP contribution in [0.15, 0.2) is 59.1 Å². The third-order valence-corrected chi connectivity index (χ3v) is 3.50. The molecule has 0 bridgehead atoms. The molecule has 0 aliphatic carbocycles. The van der Waals surface area contributed by atoms with E-state index in [0.29, 0.717) is 24.9 Å². The van der Waals surface area contributed by atoms with E-state index in [0.717, 1.165) is 10.2 Å². The van der Waals surface area contributed by atoms with Gasteiger partial charge in [-0.1, -0.05) is 40.2 Å². The molecule has 2 aromatic rings. The molecule has 2 aromatic carbocycles. The number of hydrogen-bond acceptors (Lipinski definition) is 2. The van der Waals surface area contributed by atoms with E-state index in [2.05, 4.69) is 26.6 Å². The summed E-state index contributed by atoms with van der Waals surface area (Å²) in [4.78, 5) is 23.6. The van der Waals surface area contributed by atoms with Gasteiger partial charge in [-0.15, -0.1) is 0 Å². The number of benzene rings is 2. The molecule has 0 radical (unpaired) electrons. The van der Waals surface area contributed by atoms with Crippen LogP contribution in [0, 0.1) is 0 Å². The van der Waals surface area contributed by atoms with Gasteiger partial charge in [0.15, 0.2) is 0 Å². The molecule has 0 unspecified atom stereocenters. The van der Waals surface area contributed by atoms with Crippen LogP contribution in [-0.4, -0.2) is 18.4 Å². The molecule has 0 aromatic heterocycles. The summed E-state index contributed by atoms with van der Waals surface area (Å²) in [6.07, 6.45) is 0.958. The summed E-state index contributed by atoms with van der Waals surface area (Å²) in [5.74, 6) is -0.181. The molecule has 114 valence electrons. The molecular formula is C17H17BrN2O2. The second kappa shape index (κ2) is 8.34.